The van der Waals surface area contributed by atoms with Crippen molar-refractivity contribution in [2.75, 3.05) is 0 Å². The zero-order chi connectivity index (χ0) is 12.4. The summed E-state index contributed by atoms with van der Waals surface area (Å²) in [5.74, 6) is 0.638. The van der Waals surface area contributed by atoms with Gasteiger partial charge in [-0.2, -0.15) is 0 Å². The predicted molar refractivity (Wildman–Crippen MR) is 70.6 cm³/mol. The first kappa shape index (κ1) is 11.8. The van der Waals surface area contributed by atoms with Crippen LogP contribution in [0.4, 0.5) is 0 Å². The lowest BCUT2D eigenvalue weighted by Crippen LogP contribution is -2.39. The molecule has 0 atom stereocenters. The van der Waals surface area contributed by atoms with Crippen LogP contribution in [0.1, 0.15) is 30.0 Å². The Morgan fingerprint density at radius 2 is 2.22 bits per heavy atom. The maximum atomic E-state index is 6.00. The number of hydrogen-bond donors (Lipinski definition) is 1. The van der Waals surface area contributed by atoms with Gasteiger partial charge < -0.3 is 9.84 Å². The molecule has 1 heterocycles. The van der Waals surface area contributed by atoms with Crippen LogP contribution in [0.2, 0.25) is 5.02 Å². The average Bonchev–Trinajstić information content (AvgIpc) is 2.80. The van der Waals surface area contributed by atoms with Gasteiger partial charge in [0.1, 0.15) is 6.26 Å². The van der Waals surface area contributed by atoms with Gasteiger partial charge in [0.2, 0.25) is 0 Å². The third-order valence-electron chi connectivity index (χ3n) is 3.52. The van der Waals surface area contributed by atoms with Crippen LogP contribution in [0, 0.1) is 0 Å². The van der Waals surface area contributed by atoms with Crippen LogP contribution in [0.3, 0.4) is 0 Å². The van der Waals surface area contributed by atoms with Crippen LogP contribution >= 0.6 is 11.6 Å². The molecule has 4 heteroatoms. The van der Waals surface area contributed by atoms with Gasteiger partial charge in [-0.25, -0.2) is 0 Å². The summed E-state index contributed by atoms with van der Waals surface area (Å²) in [7, 11) is 0. The van der Waals surface area contributed by atoms with Crippen LogP contribution < -0.4 is 5.32 Å². The van der Waals surface area contributed by atoms with Crippen molar-refractivity contribution in [3.05, 3.63) is 52.9 Å². The number of rotatable bonds is 4. The maximum Gasteiger partial charge on any atom is 0.124 e. The quantitative estimate of drug-likeness (QED) is 0.918. The standard InChI is InChI=1S/C14H15ClN2O/c15-12-3-1-2-10(6-12)11-7-14(8-11)16-9-13-4-5-18-17-13/h1-6,11,14,16H,7-9H2. The lowest BCUT2D eigenvalue weighted by Gasteiger charge is -2.36. The summed E-state index contributed by atoms with van der Waals surface area (Å²) in [6.45, 7) is 0.781. The second kappa shape index (κ2) is 5.12. The second-order valence-corrected chi connectivity index (χ2v) is 5.23. The normalized spacial score (nSPS) is 22.7. The van der Waals surface area contributed by atoms with Crippen molar-refractivity contribution in [2.45, 2.75) is 31.3 Å². The third-order valence-corrected chi connectivity index (χ3v) is 3.76. The van der Waals surface area contributed by atoms with Crippen molar-refractivity contribution in [1.29, 1.82) is 0 Å². The van der Waals surface area contributed by atoms with Crippen molar-refractivity contribution in [2.24, 2.45) is 0 Å². The van der Waals surface area contributed by atoms with E-state index in [1.165, 1.54) is 5.56 Å². The van der Waals surface area contributed by atoms with Crippen molar-refractivity contribution < 1.29 is 4.52 Å². The van der Waals surface area contributed by atoms with Gasteiger partial charge in [0.15, 0.2) is 0 Å². The van der Waals surface area contributed by atoms with Crippen LogP contribution in [0.25, 0.3) is 0 Å². The minimum Gasteiger partial charge on any atom is -0.364 e. The zero-order valence-corrected chi connectivity index (χ0v) is 10.7. The highest BCUT2D eigenvalue weighted by Gasteiger charge is 2.29. The molecule has 18 heavy (non-hydrogen) atoms. The zero-order valence-electron chi connectivity index (χ0n) is 9.97. The summed E-state index contributed by atoms with van der Waals surface area (Å²) in [4.78, 5) is 0. The first-order valence-electron chi connectivity index (χ1n) is 6.19. The molecule has 1 saturated carbocycles. The number of nitrogens with zero attached hydrogens (tertiary/aromatic N) is 1. The van der Waals surface area contributed by atoms with Crippen molar-refractivity contribution >= 4 is 11.6 Å². The fourth-order valence-corrected chi connectivity index (χ4v) is 2.59. The Morgan fingerprint density at radius 1 is 1.33 bits per heavy atom. The van der Waals surface area contributed by atoms with E-state index in [-0.39, 0.29) is 0 Å². The number of hydrogen-bond acceptors (Lipinski definition) is 3. The summed E-state index contributed by atoms with van der Waals surface area (Å²) in [5, 5.41) is 8.19. The molecular weight excluding hydrogens is 248 g/mol. The fourth-order valence-electron chi connectivity index (χ4n) is 2.39. The summed E-state index contributed by atoms with van der Waals surface area (Å²) in [6.07, 6.45) is 3.93. The number of aromatic nitrogens is 1. The lowest BCUT2D eigenvalue weighted by molar-refractivity contribution is 0.286. The van der Waals surface area contributed by atoms with Gasteiger partial charge in [-0.3, -0.25) is 0 Å². The molecule has 1 aromatic carbocycles. The molecular formula is C14H15ClN2O. The number of nitrogens with one attached hydrogen (secondary N) is 1. The first-order chi connectivity index (χ1) is 8.81. The molecule has 1 aromatic heterocycles. The molecule has 1 N–H and O–H groups in total. The van der Waals surface area contributed by atoms with E-state index < -0.39 is 0 Å². The predicted octanol–water partition coefficient (Wildman–Crippen LogP) is 3.36. The minimum absolute atomic E-state index is 0.575. The highest BCUT2D eigenvalue weighted by molar-refractivity contribution is 6.30. The van der Waals surface area contributed by atoms with E-state index in [1.54, 1.807) is 6.26 Å². The number of halogens is 1. The largest absolute Gasteiger partial charge is 0.364 e. The van der Waals surface area contributed by atoms with Crippen LogP contribution in [-0.2, 0) is 6.54 Å². The van der Waals surface area contributed by atoms with Gasteiger partial charge in [0.05, 0.1) is 5.69 Å². The molecule has 0 spiro atoms. The van der Waals surface area contributed by atoms with E-state index in [9.17, 15) is 0 Å². The van der Waals surface area contributed by atoms with Crippen molar-refractivity contribution in [3.8, 4) is 0 Å². The molecule has 0 saturated heterocycles. The summed E-state index contributed by atoms with van der Waals surface area (Å²) < 4.78 is 4.80. The van der Waals surface area contributed by atoms with Crippen molar-refractivity contribution in [3.63, 3.8) is 0 Å². The summed E-state index contributed by atoms with van der Waals surface area (Å²) in [6, 6.07) is 10.6. The fraction of sp³-hybridized carbons (Fsp3) is 0.357. The Kier molecular flexibility index (Phi) is 3.35. The molecule has 1 fully saturated rings. The average molecular weight is 263 g/mol. The molecule has 0 radical (unpaired) electrons. The third kappa shape index (κ3) is 2.57. The molecule has 0 aliphatic heterocycles. The van der Waals surface area contributed by atoms with E-state index in [0.717, 1.165) is 30.1 Å². The highest BCUT2D eigenvalue weighted by Crippen LogP contribution is 2.37. The lowest BCUT2D eigenvalue weighted by atomic mass is 9.76. The van der Waals surface area contributed by atoms with Gasteiger partial charge in [-0.1, -0.05) is 28.9 Å². The first-order valence-corrected chi connectivity index (χ1v) is 6.57. The van der Waals surface area contributed by atoms with Gasteiger partial charge in [-0.05, 0) is 36.5 Å². The molecule has 94 valence electrons. The number of benzene rings is 1. The molecule has 1 aliphatic carbocycles. The molecule has 2 aromatic rings. The summed E-state index contributed by atoms with van der Waals surface area (Å²) >= 11 is 6.00. The van der Waals surface area contributed by atoms with E-state index in [2.05, 4.69) is 22.6 Å². The second-order valence-electron chi connectivity index (χ2n) is 4.79. The molecule has 0 amide bonds. The molecule has 3 rings (SSSR count). The Morgan fingerprint density at radius 3 is 2.94 bits per heavy atom. The van der Waals surface area contributed by atoms with E-state index in [1.807, 2.05) is 18.2 Å². The topological polar surface area (TPSA) is 38.1 Å². The van der Waals surface area contributed by atoms with Crippen molar-refractivity contribution in [1.82, 2.24) is 10.5 Å². The molecule has 1 aliphatic rings. The van der Waals surface area contributed by atoms with Gasteiger partial charge in [-0.15, -0.1) is 0 Å². The van der Waals surface area contributed by atoms with E-state index >= 15 is 0 Å². The van der Waals surface area contributed by atoms with Gasteiger partial charge in [0.25, 0.3) is 0 Å². The maximum absolute atomic E-state index is 6.00. The molecule has 3 nitrogen and oxygen atoms in total. The monoisotopic (exact) mass is 262 g/mol. The van der Waals surface area contributed by atoms with E-state index in [0.29, 0.717) is 12.0 Å². The van der Waals surface area contributed by atoms with Crippen LogP contribution in [0.5, 0.6) is 0 Å². The minimum atomic E-state index is 0.575. The summed E-state index contributed by atoms with van der Waals surface area (Å²) in [5.41, 5.74) is 2.31. The van der Waals surface area contributed by atoms with Gasteiger partial charge in [0, 0.05) is 23.7 Å². The molecule has 0 unspecified atom stereocenters. The molecule has 0 bridgehead atoms. The SMILES string of the molecule is Clc1cccc(C2CC(NCc3ccon3)C2)c1. The van der Waals surface area contributed by atoms with Crippen LogP contribution in [-0.4, -0.2) is 11.2 Å². The smallest absolute Gasteiger partial charge is 0.124 e. The Labute approximate surface area is 111 Å². The van der Waals surface area contributed by atoms with Crippen LogP contribution in [0.15, 0.2) is 41.1 Å². The Bertz CT molecular complexity index is 506. The Balaban J connectivity index is 1.48. The van der Waals surface area contributed by atoms with Gasteiger partial charge >= 0.3 is 0 Å². The van der Waals surface area contributed by atoms with E-state index in [4.69, 9.17) is 16.1 Å². The highest BCUT2D eigenvalue weighted by atomic mass is 35.5. The Hall–Kier alpha value is -1.32.